The van der Waals surface area contributed by atoms with Gasteiger partial charge in [-0.15, -0.1) is 0 Å². The quantitative estimate of drug-likeness (QED) is 0.0839. The minimum Gasteiger partial charge on any atom is -0.460 e. The van der Waals surface area contributed by atoms with Gasteiger partial charge < -0.3 is 14.6 Å². The van der Waals surface area contributed by atoms with E-state index in [0.717, 1.165) is 14.3 Å². The summed E-state index contributed by atoms with van der Waals surface area (Å²) in [7, 11) is -3.77. The molecule has 2 heterocycles. The Morgan fingerprint density at radius 1 is 0.692 bits per heavy atom. The van der Waals surface area contributed by atoms with Crippen molar-refractivity contribution in [3.8, 4) is 0 Å². The molecule has 8 nitrogen and oxygen atoms in total. The van der Waals surface area contributed by atoms with Gasteiger partial charge in [0.05, 0.1) is 31.8 Å². The second-order valence-corrected chi connectivity index (χ2v) is 15.4. The number of hydrogen-bond donors (Lipinski definition) is 2. The van der Waals surface area contributed by atoms with Crippen LogP contribution in [-0.2, 0) is 22.9 Å². The average molecular weight is 866 g/mol. The first-order chi connectivity index (χ1) is 24.9. The lowest BCUT2D eigenvalue weighted by atomic mass is 9.99. The van der Waals surface area contributed by atoms with E-state index in [0.29, 0.717) is 62.9 Å². The number of furan rings is 2. The first-order valence-electron chi connectivity index (χ1n) is 16.1. The molecule has 0 amide bonds. The van der Waals surface area contributed by atoms with Crippen LogP contribution in [0.25, 0.3) is 21.9 Å². The van der Waals surface area contributed by atoms with Crippen molar-refractivity contribution >= 4 is 101 Å². The topological polar surface area (TPSA) is 133 Å². The van der Waals surface area contributed by atoms with Crippen molar-refractivity contribution in [3.63, 3.8) is 0 Å². The van der Waals surface area contributed by atoms with Crippen molar-refractivity contribution < 1.29 is 26.8 Å². The van der Waals surface area contributed by atoms with Gasteiger partial charge in [-0.1, -0.05) is 73.4 Å². The van der Waals surface area contributed by atoms with Gasteiger partial charge in [-0.25, -0.2) is 8.42 Å². The van der Waals surface area contributed by atoms with Gasteiger partial charge in [-0.3, -0.25) is 14.3 Å². The summed E-state index contributed by atoms with van der Waals surface area (Å²) in [6.45, 7) is 3.87. The van der Waals surface area contributed by atoms with Crippen molar-refractivity contribution in [1.82, 2.24) is 0 Å². The Bertz CT molecular complexity index is 2580. The third-order valence-electron chi connectivity index (χ3n) is 8.26. The molecule has 0 saturated heterocycles. The van der Waals surface area contributed by atoms with Gasteiger partial charge in [-0.2, -0.15) is 0 Å². The summed E-state index contributed by atoms with van der Waals surface area (Å²) in [5.41, 5.74) is 9.61. The maximum atomic E-state index is 13.3. The van der Waals surface area contributed by atoms with E-state index >= 15 is 0 Å². The van der Waals surface area contributed by atoms with E-state index < -0.39 is 10.0 Å². The fourth-order valence-corrected chi connectivity index (χ4v) is 7.71. The number of para-hydroxylation sites is 2. The number of ketones is 2. The third kappa shape index (κ3) is 7.61. The highest BCUT2D eigenvalue weighted by atomic mass is 127. The molecule has 12 heteroatoms. The van der Waals surface area contributed by atoms with Crippen LogP contribution in [0.3, 0.4) is 0 Å². The highest BCUT2D eigenvalue weighted by Gasteiger charge is 2.24. The lowest BCUT2D eigenvalue weighted by Crippen LogP contribution is -2.13. The number of fused-ring (bicyclic) bond motifs is 2. The molecule has 7 aromatic rings. The smallest absolute Gasteiger partial charge is 0.261 e. The molecular weight excluding hydrogens is 834 g/mol. The van der Waals surface area contributed by atoms with Crippen molar-refractivity contribution in [3.05, 3.63) is 157 Å². The number of benzene rings is 5. The van der Waals surface area contributed by atoms with E-state index in [9.17, 15) is 18.0 Å². The molecule has 0 aliphatic carbocycles. The number of nitrogen functional groups attached to an aromatic ring is 1. The van der Waals surface area contributed by atoms with Gasteiger partial charge in [0.2, 0.25) is 0 Å². The molecule has 0 spiro atoms. The van der Waals surface area contributed by atoms with Gasteiger partial charge in [0.1, 0.15) is 22.7 Å². The molecule has 0 radical (unpaired) electrons. The zero-order chi connectivity index (χ0) is 37.2. The summed E-state index contributed by atoms with van der Waals surface area (Å²) in [6.07, 6.45) is 1.20. The molecule has 0 aliphatic rings. The third-order valence-corrected chi connectivity index (χ3v) is 11.0. The highest BCUT2D eigenvalue weighted by molar-refractivity contribution is 14.1. The molecule has 5 aromatic carbocycles. The molecule has 7 rings (SSSR count). The number of carbonyl (C=O) groups is 2. The minimum atomic E-state index is -3.77. The maximum Gasteiger partial charge on any atom is 0.261 e. The number of rotatable bonds is 9. The van der Waals surface area contributed by atoms with Crippen LogP contribution in [0, 0.1) is 3.57 Å². The number of anilines is 2. The summed E-state index contributed by atoms with van der Waals surface area (Å²) in [5, 5.41) is 2.05. The van der Waals surface area contributed by atoms with Crippen molar-refractivity contribution in [2.45, 2.75) is 31.6 Å². The largest absolute Gasteiger partial charge is 0.460 e. The van der Waals surface area contributed by atoms with Gasteiger partial charge >= 0.3 is 0 Å². The molecule has 0 bridgehead atoms. The second kappa shape index (κ2) is 15.5. The lowest BCUT2D eigenvalue weighted by molar-refractivity contribution is 0.103. The van der Waals surface area contributed by atoms with Crippen LogP contribution in [0.1, 0.15) is 57.2 Å². The monoisotopic (exact) mass is 864 g/mol. The number of sulfonamides is 1. The Morgan fingerprint density at radius 2 is 1.17 bits per heavy atom. The number of halogens is 3. The molecule has 0 unspecified atom stereocenters. The number of hydrogen-bond acceptors (Lipinski definition) is 7. The predicted octanol–water partition coefficient (Wildman–Crippen LogP) is 10.7. The molecule has 264 valence electrons. The fraction of sp³-hybridized carbons (Fsp3) is 0.100. The van der Waals surface area contributed by atoms with Crippen molar-refractivity contribution in [1.29, 1.82) is 0 Å². The van der Waals surface area contributed by atoms with E-state index in [2.05, 4.69) is 27.3 Å². The van der Waals surface area contributed by atoms with Gasteiger partial charge in [0, 0.05) is 44.0 Å². The number of nitrogens with one attached hydrogen (secondary N) is 1. The minimum absolute atomic E-state index is 0.137. The van der Waals surface area contributed by atoms with Crippen LogP contribution < -0.4 is 10.5 Å². The fourth-order valence-electron chi connectivity index (χ4n) is 5.76. The molecule has 0 saturated carbocycles. The van der Waals surface area contributed by atoms with Crippen LogP contribution in [-0.4, -0.2) is 20.0 Å². The van der Waals surface area contributed by atoms with E-state index in [1.165, 1.54) is 30.3 Å². The summed E-state index contributed by atoms with van der Waals surface area (Å²) in [4.78, 5) is 26.3. The number of aryl methyl sites for hydroxylation is 2. The zero-order valence-electron chi connectivity index (χ0n) is 27.9. The first-order valence-corrected chi connectivity index (χ1v) is 19.5. The molecule has 0 aliphatic heterocycles. The van der Waals surface area contributed by atoms with E-state index in [1.807, 2.05) is 62.4 Å². The molecule has 0 atom stereocenters. The molecule has 2 aromatic heterocycles. The SMILES string of the molecule is CCc1oc2ccccc2c1C(=O)c1ccc(N)cc1Cl.CCc1oc2ccccc2c1C(=O)c1ccc(NS(=O)(=O)c2ccc(I)cc2)cc1Cl. The van der Waals surface area contributed by atoms with Gasteiger partial charge in [0.15, 0.2) is 11.6 Å². The zero-order valence-corrected chi connectivity index (χ0v) is 32.4. The Balaban J connectivity index is 0.000000192. The van der Waals surface area contributed by atoms with Crippen molar-refractivity contribution in [2.24, 2.45) is 0 Å². The standard InChI is InChI=1S/C23H17ClINO4S.C17H14ClNO2/c1-2-20-22(18-5-3-4-6-21(18)30-20)23(27)17-12-9-15(13-19(17)24)26-31(28,29)16-10-7-14(25)8-11-16;1-2-14-16(12-5-3-4-6-15(12)21-14)17(20)11-8-7-10(19)9-13(11)18/h3-13,26H,2H2,1H3;3-9H,2,19H2,1H3. The highest BCUT2D eigenvalue weighted by Crippen LogP contribution is 2.33. The van der Waals surface area contributed by atoms with Crippen LogP contribution in [0.2, 0.25) is 10.0 Å². The van der Waals surface area contributed by atoms with Gasteiger partial charge in [0.25, 0.3) is 10.0 Å². The predicted molar refractivity (Wildman–Crippen MR) is 215 cm³/mol. The molecule has 0 fully saturated rings. The summed E-state index contributed by atoms with van der Waals surface area (Å²) >= 11 is 14.7. The average Bonchev–Trinajstić information content (AvgIpc) is 3.70. The number of nitrogens with two attached hydrogens (primary N) is 1. The summed E-state index contributed by atoms with van der Waals surface area (Å²) in [6, 6.07) is 30.7. The Hall–Kier alpha value is -4.62. The van der Waals surface area contributed by atoms with E-state index in [4.69, 9.17) is 37.8 Å². The van der Waals surface area contributed by atoms with E-state index in [-0.39, 0.29) is 32.7 Å². The van der Waals surface area contributed by atoms with Crippen molar-refractivity contribution in [2.75, 3.05) is 10.5 Å². The van der Waals surface area contributed by atoms with Crippen LogP contribution in [0.4, 0.5) is 11.4 Å². The number of carbonyl (C=O) groups excluding carboxylic acids is 2. The first kappa shape index (κ1) is 37.1. The normalized spacial score (nSPS) is 11.3. The Labute approximate surface area is 324 Å². The van der Waals surface area contributed by atoms with E-state index in [1.54, 1.807) is 30.3 Å². The Kier molecular flexibility index (Phi) is 11.1. The lowest BCUT2D eigenvalue weighted by Gasteiger charge is -2.10. The molecule has 52 heavy (non-hydrogen) atoms. The summed E-state index contributed by atoms with van der Waals surface area (Å²) < 4.78 is 40.3. The maximum absolute atomic E-state index is 13.3. The molecule has 3 N–H and O–H groups in total. The van der Waals surface area contributed by atoms with Crippen LogP contribution in [0.5, 0.6) is 0 Å². The Morgan fingerprint density at radius 3 is 1.65 bits per heavy atom. The molecular formula is C40H31Cl2IN2O6S. The second-order valence-electron chi connectivity index (χ2n) is 11.7. The van der Waals surface area contributed by atoms with Crippen LogP contribution >= 0.6 is 45.8 Å². The van der Waals surface area contributed by atoms with Gasteiger partial charge in [-0.05, 0) is 95.4 Å². The summed E-state index contributed by atoms with van der Waals surface area (Å²) in [5.74, 6) is 0.862. The van der Waals surface area contributed by atoms with Crippen LogP contribution in [0.15, 0.2) is 123 Å².